The van der Waals surface area contributed by atoms with Crippen LogP contribution in [0.15, 0.2) is 11.6 Å². The molecule has 0 amide bonds. The molecule has 13 heavy (non-hydrogen) atoms. The van der Waals surface area contributed by atoms with Crippen molar-refractivity contribution in [1.82, 2.24) is 5.32 Å². The molecule has 1 aliphatic carbocycles. The molecule has 1 nitrogen and oxygen atoms in total. The smallest absolute Gasteiger partial charge is 0.0158 e. The SMILES string of the molecule is CNCC(C)=CC1CCCC(C)C1. The monoisotopic (exact) mass is 181 g/mol. The molecule has 76 valence electrons. The van der Waals surface area contributed by atoms with Crippen molar-refractivity contribution in [1.29, 1.82) is 0 Å². The summed E-state index contributed by atoms with van der Waals surface area (Å²) in [6, 6.07) is 0. The van der Waals surface area contributed by atoms with E-state index in [1.165, 1.54) is 31.3 Å². The number of rotatable bonds is 3. The third-order valence-corrected chi connectivity index (χ3v) is 2.95. The lowest BCUT2D eigenvalue weighted by Crippen LogP contribution is -2.14. The van der Waals surface area contributed by atoms with E-state index in [4.69, 9.17) is 0 Å². The molecule has 2 unspecified atom stereocenters. The van der Waals surface area contributed by atoms with Crippen LogP contribution < -0.4 is 5.32 Å². The average Bonchev–Trinajstić information content (AvgIpc) is 2.04. The summed E-state index contributed by atoms with van der Waals surface area (Å²) in [5.74, 6) is 1.80. The molecule has 1 fully saturated rings. The van der Waals surface area contributed by atoms with Gasteiger partial charge in [-0.1, -0.05) is 31.4 Å². The Bertz CT molecular complexity index is 172. The molecule has 0 aromatic heterocycles. The second-order valence-electron chi connectivity index (χ2n) is 4.58. The zero-order chi connectivity index (χ0) is 9.68. The maximum absolute atomic E-state index is 3.20. The second kappa shape index (κ2) is 5.43. The molecule has 0 aliphatic heterocycles. The fraction of sp³-hybridized carbons (Fsp3) is 0.833. The number of hydrogen-bond acceptors (Lipinski definition) is 1. The van der Waals surface area contributed by atoms with Crippen molar-refractivity contribution in [3.63, 3.8) is 0 Å². The molecule has 1 aliphatic rings. The van der Waals surface area contributed by atoms with Crippen molar-refractivity contribution in [2.75, 3.05) is 13.6 Å². The van der Waals surface area contributed by atoms with Crippen LogP contribution in [0, 0.1) is 11.8 Å². The van der Waals surface area contributed by atoms with E-state index in [2.05, 4.69) is 25.2 Å². The van der Waals surface area contributed by atoms with Gasteiger partial charge in [0.05, 0.1) is 0 Å². The van der Waals surface area contributed by atoms with Gasteiger partial charge in [0.1, 0.15) is 0 Å². The Morgan fingerprint density at radius 2 is 2.23 bits per heavy atom. The number of nitrogens with one attached hydrogen (secondary N) is 1. The highest BCUT2D eigenvalue weighted by Gasteiger charge is 2.16. The van der Waals surface area contributed by atoms with E-state index < -0.39 is 0 Å². The molecular formula is C12H23N. The first-order valence-electron chi connectivity index (χ1n) is 5.54. The quantitative estimate of drug-likeness (QED) is 0.660. The molecule has 0 radical (unpaired) electrons. The predicted molar refractivity (Wildman–Crippen MR) is 58.8 cm³/mol. The Hall–Kier alpha value is -0.300. The minimum absolute atomic E-state index is 0.858. The highest BCUT2D eigenvalue weighted by atomic mass is 14.8. The van der Waals surface area contributed by atoms with Crippen molar-refractivity contribution < 1.29 is 0 Å². The van der Waals surface area contributed by atoms with Crippen LogP contribution in [0.1, 0.15) is 39.5 Å². The summed E-state index contributed by atoms with van der Waals surface area (Å²) in [5, 5.41) is 3.20. The Morgan fingerprint density at radius 1 is 1.46 bits per heavy atom. The van der Waals surface area contributed by atoms with Crippen LogP contribution in [0.5, 0.6) is 0 Å². The summed E-state index contributed by atoms with van der Waals surface area (Å²) in [4.78, 5) is 0. The Kier molecular flexibility index (Phi) is 4.51. The molecule has 0 bridgehead atoms. The van der Waals surface area contributed by atoms with E-state index in [9.17, 15) is 0 Å². The summed E-state index contributed by atoms with van der Waals surface area (Å²) >= 11 is 0. The second-order valence-corrected chi connectivity index (χ2v) is 4.58. The van der Waals surface area contributed by atoms with E-state index in [-0.39, 0.29) is 0 Å². The number of hydrogen-bond donors (Lipinski definition) is 1. The van der Waals surface area contributed by atoms with E-state index in [0.29, 0.717) is 0 Å². The van der Waals surface area contributed by atoms with Gasteiger partial charge in [-0.25, -0.2) is 0 Å². The van der Waals surface area contributed by atoms with E-state index >= 15 is 0 Å². The first-order chi connectivity index (χ1) is 6.22. The summed E-state index contributed by atoms with van der Waals surface area (Å²) in [5.41, 5.74) is 1.50. The molecule has 0 aromatic rings. The first-order valence-corrected chi connectivity index (χ1v) is 5.54. The number of likely N-dealkylation sites (N-methyl/N-ethyl adjacent to an activating group) is 1. The molecule has 0 spiro atoms. The standard InChI is InChI=1S/C12H23N/c1-10-5-4-6-12(7-10)8-11(2)9-13-3/h8,10,12-13H,4-7,9H2,1-3H3. The van der Waals surface area contributed by atoms with Crippen molar-refractivity contribution in [3.05, 3.63) is 11.6 Å². The van der Waals surface area contributed by atoms with E-state index in [1.54, 1.807) is 0 Å². The minimum Gasteiger partial charge on any atom is -0.316 e. The Balaban J connectivity index is 2.38. The maximum Gasteiger partial charge on any atom is 0.0158 e. The normalized spacial score (nSPS) is 30.5. The van der Waals surface area contributed by atoms with Gasteiger partial charge in [-0.05, 0) is 38.6 Å². The van der Waals surface area contributed by atoms with Gasteiger partial charge in [0.25, 0.3) is 0 Å². The van der Waals surface area contributed by atoms with Crippen LogP contribution in [0.4, 0.5) is 0 Å². The Labute approximate surface area is 82.6 Å². The van der Waals surface area contributed by atoms with Gasteiger partial charge < -0.3 is 5.32 Å². The van der Waals surface area contributed by atoms with E-state index in [0.717, 1.165) is 18.4 Å². The fourth-order valence-electron chi connectivity index (χ4n) is 2.37. The average molecular weight is 181 g/mol. The van der Waals surface area contributed by atoms with Gasteiger partial charge in [-0.15, -0.1) is 0 Å². The van der Waals surface area contributed by atoms with Crippen molar-refractivity contribution >= 4 is 0 Å². The summed E-state index contributed by atoms with van der Waals surface area (Å²) in [6.07, 6.45) is 8.16. The van der Waals surface area contributed by atoms with Gasteiger partial charge in [-0.3, -0.25) is 0 Å². The Morgan fingerprint density at radius 3 is 2.85 bits per heavy atom. The molecule has 1 heteroatoms. The summed E-state index contributed by atoms with van der Waals surface area (Å²) < 4.78 is 0. The van der Waals surface area contributed by atoms with Gasteiger partial charge in [-0.2, -0.15) is 0 Å². The lowest BCUT2D eigenvalue weighted by Gasteiger charge is -2.24. The van der Waals surface area contributed by atoms with Crippen LogP contribution in [0.2, 0.25) is 0 Å². The summed E-state index contributed by atoms with van der Waals surface area (Å²) in [7, 11) is 2.01. The first kappa shape index (κ1) is 10.8. The van der Waals surface area contributed by atoms with Gasteiger partial charge in [0.2, 0.25) is 0 Å². The van der Waals surface area contributed by atoms with Crippen LogP contribution in [0.3, 0.4) is 0 Å². The fourth-order valence-corrected chi connectivity index (χ4v) is 2.37. The lowest BCUT2D eigenvalue weighted by molar-refractivity contribution is 0.324. The maximum atomic E-state index is 3.20. The van der Waals surface area contributed by atoms with Gasteiger partial charge in [0.15, 0.2) is 0 Å². The third-order valence-electron chi connectivity index (χ3n) is 2.95. The van der Waals surface area contributed by atoms with Crippen LogP contribution >= 0.6 is 0 Å². The van der Waals surface area contributed by atoms with Crippen molar-refractivity contribution in [2.45, 2.75) is 39.5 Å². The number of allylic oxidation sites excluding steroid dienone is 1. The van der Waals surface area contributed by atoms with Crippen LogP contribution in [-0.4, -0.2) is 13.6 Å². The topological polar surface area (TPSA) is 12.0 Å². The molecule has 0 heterocycles. The largest absolute Gasteiger partial charge is 0.316 e. The highest BCUT2D eigenvalue weighted by Crippen LogP contribution is 2.29. The highest BCUT2D eigenvalue weighted by molar-refractivity contribution is 5.03. The van der Waals surface area contributed by atoms with E-state index in [1.807, 2.05) is 7.05 Å². The molecular weight excluding hydrogens is 158 g/mol. The van der Waals surface area contributed by atoms with Crippen molar-refractivity contribution in [2.24, 2.45) is 11.8 Å². The zero-order valence-electron chi connectivity index (χ0n) is 9.27. The minimum atomic E-state index is 0.858. The molecule has 0 aromatic carbocycles. The molecule has 2 atom stereocenters. The molecule has 0 saturated heterocycles. The van der Waals surface area contributed by atoms with Gasteiger partial charge >= 0.3 is 0 Å². The predicted octanol–water partition coefficient (Wildman–Crippen LogP) is 2.98. The molecule has 1 N–H and O–H groups in total. The van der Waals surface area contributed by atoms with Crippen LogP contribution in [-0.2, 0) is 0 Å². The van der Waals surface area contributed by atoms with Crippen LogP contribution in [0.25, 0.3) is 0 Å². The molecule has 1 rings (SSSR count). The molecule has 1 saturated carbocycles. The zero-order valence-corrected chi connectivity index (χ0v) is 9.27. The lowest BCUT2D eigenvalue weighted by atomic mass is 9.82. The van der Waals surface area contributed by atoms with Gasteiger partial charge in [0, 0.05) is 6.54 Å². The van der Waals surface area contributed by atoms with Crippen molar-refractivity contribution in [3.8, 4) is 0 Å². The summed E-state index contributed by atoms with van der Waals surface area (Å²) in [6.45, 7) is 5.66. The third kappa shape index (κ3) is 3.95.